The van der Waals surface area contributed by atoms with E-state index in [0.717, 1.165) is 35.3 Å². The van der Waals surface area contributed by atoms with Crippen LogP contribution in [0.25, 0.3) is 22.3 Å². The lowest BCUT2D eigenvalue weighted by Crippen LogP contribution is -2.43. The minimum atomic E-state index is 0.0731. The van der Waals surface area contributed by atoms with E-state index in [2.05, 4.69) is 58.2 Å². The van der Waals surface area contributed by atoms with E-state index in [0.29, 0.717) is 0 Å². The summed E-state index contributed by atoms with van der Waals surface area (Å²) in [6.07, 6.45) is 8.42. The van der Waals surface area contributed by atoms with Crippen molar-refractivity contribution in [3.63, 3.8) is 0 Å². The van der Waals surface area contributed by atoms with Gasteiger partial charge in [0.2, 0.25) is 13.1 Å². The molecule has 4 aromatic rings. The van der Waals surface area contributed by atoms with Crippen LogP contribution in [0.4, 0.5) is 0 Å². The van der Waals surface area contributed by atoms with Crippen LogP contribution in [0.15, 0.2) is 97.6 Å². The zero-order chi connectivity index (χ0) is 20.8. The number of hydrogen-bond acceptors (Lipinski definition) is 2. The average Bonchev–Trinajstić information content (AvgIpc) is 2.83. The Hall–Kier alpha value is -3.34. The predicted molar refractivity (Wildman–Crippen MR) is 116 cm³/mol. The van der Waals surface area contributed by atoms with E-state index in [1.807, 2.05) is 48.5 Å². The number of rotatable bonds is 7. The van der Waals surface area contributed by atoms with Crippen LogP contribution < -0.4 is 9.13 Å². The molecule has 2 aromatic heterocycles. The van der Waals surface area contributed by atoms with Crippen LogP contribution in [0.2, 0.25) is 0 Å². The van der Waals surface area contributed by atoms with Gasteiger partial charge in [-0.15, -0.1) is 0 Å². The molecule has 0 saturated heterocycles. The van der Waals surface area contributed by atoms with Gasteiger partial charge in [-0.25, -0.2) is 0 Å². The summed E-state index contributed by atoms with van der Waals surface area (Å²) >= 11 is 0. The maximum Gasteiger partial charge on any atom is 0.206 e. The van der Waals surface area contributed by atoms with Crippen molar-refractivity contribution in [1.29, 1.82) is 0 Å². The van der Waals surface area contributed by atoms with E-state index >= 15 is 0 Å². The molecule has 2 aromatic carbocycles. The summed E-state index contributed by atoms with van der Waals surface area (Å²) in [7, 11) is 0. The summed E-state index contributed by atoms with van der Waals surface area (Å²) < 4.78 is 4.36. The molecule has 2 N–H and O–H groups in total. The van der Waals surface area contributed by atoms with Crippen LogP contribution in [0.1, 0.15) is 11.1 Å². The van der Waals surface area contributed by atoms with Gasteiger partial charge in [0.15, 0.2) is 24.8 Å². The van der Waals surface area contributed by atoms with E-state index in [4.69, 9.17) is 10.2 Å². The Bertz CT molecular complexity index is 981. The van der Waals surface area contributed by atoms with Gasteiger partial charge in [0.05, 0.1) is 13.2 Å². The molecular weight excluding hydrogens is 372 g/mol. The summed E-state index contributed by atoms with van der Waals surface area (Å²) in [5.74, 6) is 0. The molecule has 4 nitrogen and oxygen atoms in total. The molecule has 0 fully saturated rings. The summed E-state index contributed by atoms with van der Waals surface area (Å²) in [4.78, 5) is 0. The molecule has 30 heavy (non-hydrogen) atoms. The second-order valence-electron chi connectivity index (χ2n) is 7.36. The van der Waals surface area contributed by atoms with Crippen molar-refractivity contribution in [3.8, 4) is 22.3 Å². The van der Waals surface area contributed by atoms with Gasteiger partial charge in [0, 0.05) is 24.3 Å². The van der Waals surface area contributed by atoms with Crippen molar-refractivity contribution >= 4 is 0 Å². The molecule has 0 aliphatic heterocycles. The van der Waals surface area contributed by atoms with Crippen LogP contribution in [0.5, 0.6) is 0 Å². The van der Waals surface area contributed by atoms with E-state index in [-0.39, 0.29) is 13.2 Å². The van der Waals surface area contributed by atoms with Crippen molar-refractivity contribution in [2.45, 2.75) is 26.3 Å². The highest BCUT2D eigenvalue weighted by molar-refractivity contribution is 5.63. The Morgan fingerprint density at radius 2 is 0.733 bits per heavy atom. The van der Waals surface area contributed by atoms with E-state index in [1.165, 1.54) is 11.1 Å². The van der Waals surface area contributed by atoms with Crippen LogP contribution in [-0.2, 0) is 26.3 Å². The average molecular weight is 399 g/mol. The standard InChI is InChI=1S/C26H26N2O2/c29-19-21-1-5-23(6-2-21)25-9-13-27(14-10-25)17-18-28-15-11-26(12-16-28)24-7-3-22(20-30)4-8-24/h1-16,29-30H,17-20H2/q+2. The number of pyridine rings is 2. The van der Waals surface area contributed by atoms with E-state index < -0.39 is 0 Å². The van der Waals surface area contributed by atoms with Crippen LogP contribution >= 0.6 is 0 Å². The Balaban J connectivity index is 1.37. The van der Waals surface area contributed by atoms with Gasteiger partial charge in [-0.2, -0.15) is 9.13 Å². The minimum absolute atomic E-state index is 0.0731. The lowest BCUT2D eigenvalue weighted by atomic mass is 10.1. The fourth-order valence-corrected chi connectivity index (χ4v) is 3.43. The molecular formula is C26H26N2O2+2. The largest absolute Gasteiger partial charge is 0.392 e. The number of hydrogen-bond donors (Lipinski definition) is 2. The molecule has 0 amide bonds. The maximum atomic E-state index is 9.17. The second kappa shape index (κ2) is 9.44. The molecule has 150 valence electrons. The first kappa shape index (κ1) is 20.0. The summed E-state index contributed by atoms with van der Waals surface area (Å²) in [5, 5.41) is 18.3. The Morgan fingerprint density at radius 3 is 1.03 bits per heavy atom. The smallest absolute Gasteiger partial charge is 0.206 e. The van der Waals surface area contributed by atoms with Crippen molar-refractivity contribution in [2.24, 2.45) is 0 Å². The SMILES string of the molecule is OCc1ccc(-c2cc[n+](CC[n+]3ccc(-c4ccc(CO)cc4)cc3)cc2)cc1. The number of benzene rings is 2. The first-order valence-corrected chi connectivity index (χ1v) is 10.1. The highest BCUT2D eigenvalue weighted by atomic mass is 16.3. The molecule has 0 radical (unpaired) electrons. The molecule has 4 rings (SSSR count). The highest BCUT2D eigenvalue weighted by Gasteiger charge is 2.08. The third-order valence-electron chi connectivity index (χ3n) is 5.34. The third kappa shape index (κ3) is 4.79. The molecule has 0 bridgehead atoms. The Morgan fingerprint density at radius 1 is 0.433 bits per heavy atom. The van der Waals surface area contributed by atoms with Crippen LogP contribution in [-0.4, -0.2) is 10.2 Å². The molecule has 2 heterocycles. The fraction of sp³-hybridized carbons (Fsp3) is 0.154. The van der Waals surface area contributed by atoms with Crippen molar-refractivity contribution in [2.75, 3.05) is 0 Å². The molecule has 0 aliphatic carbocycles. The zero-order valence-corrected chi connectivity index (χ0v) is 16.9. The minimum Gasteiger partial charge on any atom is -0.392 e. The van der Waals surface area contributed by atoms with E-state index in [1.54, 1.807) is 0 Å². The molecule has 0 spiro atoms. The molecule has 0 unspecified atom stereocenters. The first-order valence-electron chi connectivity index (χ1n) is 10.1. The molecule has 0 aliphatic rings. The van der Waals surface area contributed by atoms with Gasteiger partial charge in [-0.1, -0.05) is 48.5 Å². The summed E-state index contributed by atoms with van der Waals surface area (Å²) in [6.45, 7) is 1.92. The zero-order valence-electron chi connectivity index (χ0n) is 16.9. The van der Waals surface area contributed by atoms with Crippen LogP contribution in [0.3, 0.4) is 0 Å². The molecule has 0 atom stereocenters. The number of aliphatic hydroxyl groups excluding tert-OH is 2. The van der Waals surface area contributed by atoms with Gasteiger partial charge in [0.1, 0.15) is 0 Å². The van der Waals surface area contributed by atoms with Gasteiger partial charge in [-0.05, 0) is 33.4 Å². The Kier molecular flexibility index (Phi) is 6.28. The second-order valence-corrected chi connectivity index (χ2v) is 7.36. The topological polar surface area (TPSA) is 48.2 Å². The summed E-state index contributed by atoms with van der Waals surface area (Å²) in [5.41, 5.74) is 6.48. The van der Waals surface area contributed by atoms with Gasteiger partial charge < -0.3 is 10.2 Å². The van der Waals surface area contributed by atoms with Crippen LogP contribution in [0, 0.1) is 0 Å². The van der Waals surface area contributed by atoms with E-state index in [9.17, 15) is 0 Å². The molecule has 0 saturated carbocycles. The fourth-order valence-electron chi connectivity index (χ4n) is 3.43. The maximum absolute atomic E-state index is 9.17. The van der Waals surface area contributed by atoms with Crippen molar-refractivity contribution in [3.05, 3.63) is 109 Å². The first-order chi connectivity index (χ1) is 14.7. The number of aromatic nitrogens is 2. The molecule has 4 heteroatoms. The highest BCUT2D eigenvalue weighted by Crippen LogP contribution is 2.19. The summed E-state index contributed by atoms with van der Waals surface area (Å²) in [6, 6.07) is 24.5. The number of aliphatic hydroxyl groups is 2. The number of nitrogens with zero attached hydrogens (tertiary/aromatic N) is 2. The van der Waals surface area contributed by atoms with Gasteiger partial charge in [-0.3, -0.25) is 0 Å². The monoisotopic (exact) mass is 398 g/mol. The van der Waals surface area contributed by atoms with Crippen molar-refractivity contribution in [1.82, 2.24) is 0 Å². The third-order valence-corrected chi connectivity index (χ3v) is 5.34. The number of aryl methyl sites for hydroxylation is 2. The normalized spacial score (nSPS) is 10.9. The quantitative estimate of drug-likeness (QED) is 0.470. The lowest BCUT2D eigenvalue weighted by molar-refractivity contribution is -0.778. The lowest BCUT2D eigenvalue weighted by Gasteiger charge is -2.03. The Labute approximate surface area is 177 Å². The van der Waals surface area contributed by atoms with Gasteiger partial charge >= 0.3 is 0 Å². The predicted octanol–water partition coefficient (Wildman–Crippen LogP) is 3.28. The van der Waals surface area contributed by atoms with Gasteiger partial charge in [0.25, 0.3) is 0 Å². The van der Waals surface area contributed by atoms with Crippen molar-refractivity contribution < 1.29 is 19.3 Å².